The number of rotatable bonds is 4. The van der Waals surface area contributed by atoms with Crippen LogP contribution in [0.5, 0.6) is 0 Å². The van der Waals surface area contributed by atoms with E-state index in [4.69, 9.17) is 11.6 Å². The molecule has 0 aliphatic carbocycles. The summed E-state index contributed by atoms with van der Waals surface area (Å²) in [5, 5.41) is 0.118. The van der Waals surface area contributed by atoms with Crippen LogP contribution in [0.4, 0.5) is 0 Å². The summed E-state index contributed by atoms with van der Waals surface area (Å²) in [4.78, 5) is 17.5. The normalized spacial score (nSPS) is 16.5. The van der Waals surface area contributed by atoms with Gasteiger partial charge in [0.2, 0.25) is 10.0 Å². The van der Waals surface area contributed by atoms with Gasteiger partial charge in [-0.3, -0.25) is 14.4 Å². The molecule has 3 rings (SSSR count). The van der Waals surface area contributed by atoms with E-state index < -0.39 is 10.0 Å². The molecule has 1 aromatic heterocycles. The zero-order valence-corrected chi connectivity index (χ0v) is 17.6. The molecule has 150 valence electrons. The lowest BCUT2D eigenvalue weighted by atomic mass is 10.2. The highest BCUT2D eigenvalue weighted by Gasteiger charge is 2.29. The highest BCUT2D eigenvalue weighted by Crippen LogP contribution is 2.28. The Morgan fingerprint density at radius 2 is 1.82 bits per heavy atom. The van der Waals surface area contributed by atoms with Crippen molar-refractivity contribution in [3.8, 4) is 0 Å². The summed E-state index contributed by atoms with van der Waals surface area (Å²) < 4.78 is 28.9. The first-order valence-electron chi connectivity index (χ1n) is 9.36. The highest BCUT2D eigenvalue weighted by molar-refractivity contribution is 7.89. The number of carbonyl (C=O) groups is 1. The Morgan fingerprint density at radius 1 is 1.11 bits per heavy atom. The molecule has 1 aliphatic heterocycles. The van der Waals surface area contributed by atoms with Crippen LogP contribution in [0, 0.1) is 0 Å². The van der Waals surface area contributed by atoms with Crippen molar-refractivity contribution < 1.29 is 13.2 Å². The van der Waals surface area contributed by atoms with Gasteiger partial charge in [-0.1, -0.05) is 24.1 Å². The van der Waals surface area contributed by atoms with Gasteiger partial charge in [0, 0.05) is 30.9 Å². The van der Waals surface area contributed by atoms with Crippen molar-refractivity contribution in [3.63, 3.8) is 0 Å². The van der Waals surface area contributed by atoms with Crippen LogP contribution in [0.15, 0.2) is 52.5 Å². The van der Waals surface area contributed by atoms with E-state index in [1.807, 2.05) is 13.8 Å². The predicted molar refractivity (Wildman–Crippen MR) is 109 cm³/mol. The number of sulfonamides is 1. The van der Waals surface area contributed by atoms with Gasteiger partial charge in [0.15, 0.2) is 0 Å². The maximum atomic E-state index is 13.1. The predicted octanol–water partition coefficient (Wildman–Crippen LogP) is 3.31. The Morgan fingerprint density at radius 3 is 2.50 bits per heavy atom. The van der Waals surface area contributed by atoms with Crippen LogP contribution in [0.25, 0.3) is 0 Å². The van der Waals surface area contributed by atoms with Crippen LogP contribution in [-0.2, 0) is 10.0 Å². The molecule has 6 nitrogen and oxygen atoms in total. The van der Waals surface area contributed by atoms with Gasteiger partial charge in [-0.15, -0.1) is 0 Å². The van der Waals surface area contributed by atoms with E-state index in [2.05, 4.69) is 4.99 Å². The number of halogens is 1. The number of carbonyl (C=O) groups excluding carboxylic acids is 1. The van der Waals surface area contributed by atoms with Crippen molar-refractivity contribution in [1.82, 2.24) is 8.87 Å². The summed E-state index contributed by atoms with van der Waals surface area (Å²) in [7, 11) is -3.74. The standard InChI is InChI=1S/C20H24ClN3O3S/c1-15(2)22-19-8-4-7-13-24(19)20(25)16-9-10-17(21)18(14-16)28(26,27)23-11-5-3-6-12-23/h4,7-10,13-15H,3,5-6,11-12H2,1-2H3. The Hall–Kier alpha value is -1.96. The van der Waals surface area contributed by atoms with Gasteiger partial charge < -0.3 is 0 Å². The van der Waals surface area contributed by atoms with Crippen LogP contribution < -0.4 is 5.49 Å². The molecule has 2 aromatic rings. The second-order valence-corrected chi connectivity index (χ2v) is 9.38. The third-order valence-corrected chi connectivity index (χ3v) is 6.94. The smallest absolute Gasteiger partial charge is 0.263 e. The van der Waals surface area contributed by atoms with Crippen LogP contribution in [0.2, 0.25) is 5.02 Å². The molecule has 0 bridgehead atoms. The van der Waals surface area contributed by atoms with Gasteiger partial charge in [-0.05, 0) is 57.0 Å². The van der Waals surface area contributed by atoms with E-state index >= 15 is 0 Å². The second kappa shape index (κ2) is 8.59. The second-order valence-electron chi connectivity index (χ2n) is 7.07. The van der Waals surface area contributed by atoms with E-state index in [0.29, 0.717) is 18.6 Å². The molecule has 0 radical (unpaired) electrons. The average Bonchev–Trinajstić information content (AvgIpc) is 2.68. The minimum Gasteiger partial charge on any atom is -0.268 e. The Balaban J connectivity index is 2.04. The molecular weight excluding hydrogens is 398 g/mol. The van der Waals surface area contributed by atoms with E-state index in [1.54, 1.807) is 30.5 Å². The van der Waals surface area contributed by atoms with Crippen molar-refractivity contribution in [2.24, 2.45) is 4.99 Å². The fourth-order valence-electron chi connectivity index (χ4n) is 3.19. The Kier molecular flexibility index (Phi) is 6.37. The SMILES string of the molecule is CC(C)N=c1ccccn1C(=O)c1ccc(Cl)c(S(=O)(=O)N2CCCCC2)c1. The first-order valence-corrected chi connectivity index (χ1v) is 11.2. The highest BCUT2D eigenvalue weighted by atomic mass is 35.5. The first kappa shape index (κ1) is 20.8. The van der Waals surface area contributed by atoms with Crippen molar-refractivity contribution in [2.75, 3.05) is 13.1 Å². The van der Waals surface area contributed by atoms with Crippen LogP contribution in [0.1, 0.15) is 43.5 Å². The van der Waals surface area contributed by atoms with Gasteiger partial charge >= 0.3 is 0 Å². The van der Waals surface area contributed by atoms with Gasteiger partial charge in [0.1, 0.15) is 10.4 Å². The maximum absolute atomic E-state index is 13.1. The lowest BCUT2D eigenvalue weighted by molar-refractivity contribution is 0.0954. The molecule has 28 heavy (non-hydrogen) atoms. The molecule has 0 atom stereocenters. The first-order chi connectivity index (χ1) is 13.3. The monoisotopic (exact) mass is 421 g/mol. The summed E-state index contributed by atoms with van der Waals surface area (Å²) in [5.41, 5.74) is 0.759. The quantitative estimate of drug-likeness (QED) is 0.760. The number of pyridine rings is 1. The van der Waals surface area contributed by atoms with Gasteiger partial charge in [0.25, 0.3) is 5.91 Å². The zero-order valence-electron chi connectivity index (χ0n) is 16.0. The minimum atomic E-state index is -3.74. The van der Waals surface area contributed by atoms with Crippen LogP contribution in [-0.4, -0.2) is 42.3 Å². The topological polar surface area (TPSA) is 71.7 Å². The Labute approximate surface area is 170 Å². The number of aromatic nitrogens is 1. The molecule has 0 saturated carbocycles. The van der Waals surface area contributed by atoms with Crippen molar-refractivity contribution in [3.05, 3.63) is 58.7 Å². The van der Waals surface area contributed by atoms with Crippen molar-refractivity contribution >= 4 is 27.5 Å². The Bertz CT molecular complexity index is 1040. The molecule has 0 unspecified atom stereocenters. The molecule has 8 heteroatoms. The summed E-state index contributed by atoms with van der Waals surface area (Å²) >= 11 is 6.21. The van der Waals surface area contributed by atoms with Crippen LogP contribution >= 0.6 is 11.6 Å². The molecule has 1 saturated heterocycles. The van der Waals surface area contributed by atoms with Crippen molar-refractivity contribution in [1.29, 1.82) is 0 Å². The van der Waals surface area contributed by atoms with E-state index in [0.717, 1.165) is 19.3 Å². The minimum absolute atomic E-state index is 0.0155. The number of piperidine rings is 1. The molecule has 1 aliphatic rings. The summed E-state index contributed by atoms with van der Waals surface area (Å²) in [5.74, 6) is -0.355. The molecule has 2 heterocycles. The van der Waals surface area contributed by atoms with Crippen molar-refractivity contribution in [2.45, 2.75) is 44.0 Å². The molecule has 0 N–H and O–H groups in total. The van der Waals surface area contributed by atoms with Gasteiger partial charge in [0.05, 0.1) is 5.02 Å². The van der Waals surface area contributed by atoms with E-state index in [9.17, 15) is 13.2 Å². The van der Waals surface area contributed by atoms with E-state index in [1.165, 1.54) is 21.0 Å². The maximum Gasteiger partial charge on any atom is 0.263 e. The number of hydrogen-bond donors (Lipinski definition) is 0. The third kappa shape index (κ3) is 4.37. The largest absolute Gasteiger partial charge is 0.268 e. The zero-order chi connectivity index (χ0) is 20.3. The lowest BCUT2D eigenvalue weighted by Crippen LogP contribution is -2.36. The van der Waals surface area contributed by atoms with Gasteiger partial charge in [-0.25, -0.2) is 8.42 Å². The summed E-state index contributed by atoms with van der Waals surface area (Å²) in [6.45, 7) is 4.80. The molecule has 1 fully saturated rings. The van der Waals surface area contributed by atoms with Gasteiger partial charge in [-0.2, -0.15) is 4.31 Å². The molecular formula is C20H24ClN3O3S. The fourth-order valence-corrected chi connectivity index (χ4v) is 5.21. The summed E-state index contributed by atoms with van der Waals surface area (Å²) in [6, 6.07) is 9.68. The fraction of sp³-hybridized carbons (Fsp3) is 0.400. The number of nitrogens with zero attached hydrogens (tertiary/aromatic N) is 3. The number of benzene rings is 1. The van der Waals surface area contributed by atoms with Crippen LogP contribution in [0.3, 0.4) is 0 Å². The number of hydrogen-bond acceptors (Lipinski definition) is 4. The molecule has 0 spiro atoms. The molecule has 1 aromatic carbocycles. The van der Waals surface area contributed by atoms with E-state index in [-0.39, 0.29) is 27.4 Å². The average molecular weight is 422 g/mol. The third-order valence-electron chi connectivity index (χ3n) is 4.56. The molecule has 0 amide bonds. The lowest BCUT2D eigenvalue weighted by Gasteiger charge is -2.26. The summed E-state index contributed by atoms with van der Waals surface area (Å²) in [6.07, 6.45) is 4.30.